The summed E-state index contributed by atoms with van der Waals surface area (Å²) in [7, 11) is -1.90. The van der Waals surface area contributed by atoms with Gasteiger partial charge in [-0.15, -0.1) is 0 Å². The van der Waals surface area contributed by atoms with Crippen molar-refractivity contribution in [3.05, 3.63) is 54.4 Å². The average Bonchev–Trinajstić information content (AvgIpc) is 3.12. The molecule has 0 atom stereocenters. The molecular formula is C19H21N3O3S. The first-order valence-electron chi connectivity index (χ1n) is 8.66. The average molecular weight is 371 g/mol. The fraction of sp³-hybridized carbons (Fsp3) is 0.316. The molecule has 0 spiro atoms. The maximum absolute atomic E-state index is 12.8. The Morgan fingerprint density at radius 3 is 2.54 bits per heavy atom. The molecule has 1 fully saturated rings. The topological polar surface area (TPSA) is 75.3 Å². The smallest absolute Gasteiger partial charge is 0.243 e. The number of hydrogen-bond donors (Lipinski definition) is 1. The number of sulfonamides is 1. The van der Waals surface area contributed by atoms with Crippen LogP contribution in [0.4, 0.5) is 0 Å². The highest BCUT2D eigenvalue weighted by Gasteiger charge is 2.30. The summed E-state index contributed by atoms with van der Waals surface area (Å²) in [6.45, 7) is 1.03. The molecule has 7 heteroatoms. The number of pyridine rings is 1. The fourth-order valence-electron chi connectivity index (χ4n) is 3.50. The zero-order valence-corrected chi connectivity index (χ0v) is 15.4. The van der Waals surface area contributed by atoms with Crippen LogP contribution in [0.1, 0.15) is 24.5 Å². The van der Waals surface area contributed by atoms with E-state index in [9.17, 15) is 8.42 Å². The van der Waals surface area contributed by atoms with Gasteiger partial charge in [-0.1, -0.05) is 0 Å². The van der Waals surface area contributed by atoms with Crippen LogP contribution < -0.4 is 4.74 Å². The van der Waals surface area contributed by atoms with Gasteiger partial charge in [0, 0.05) is 30.9 Å². The SMILES string of the molecule is COc1ccc(S(=O)(=O)N2CCC(c3cc4ncccc4[nH]3)CC2)cc1. The van der Waals surface area contributed by atoms with Gasteiger partial charge in [0.1, 0.15) is 5.75 Å². The summed E-state index contributed by atoms with van der Waals surface area (Å²) in [5.41, 5.74) is 3.12. The molecule has 26 heavy (non-hydrogen) atoms. The second-order valence-electron chi connectivity index (χ2n) is 6.51. The van der Waals surface area contributed by atoms with Crippen LogP contribution in [-0.2, 0) is 10.0 Å². The number of methoxy groups -OCH3 is 1. The number of rotatable bonds is 4. The number of piperidine rings is 1. The standard InChI is InChI=1S/C19H21N3O3S/c1-25-15-4-6-16(7-5-15)26(23,24)22-11-8-14(9-12-22)18-13-19-17(21-18)3-2-10-20-19/h2-7,10,13-14,21H,8-9,11-12H2,1H3. The Kier molecular flexibility index (Phi) is 4.42. The molecule has 1 aliphatic rings. The van der Waals surface area contributed by atoms with E-state index in [1.165, 1.54) is 0 Å². The second kappa shape index (κ2) is 6.74. The Bertz CT molecular complexity index is 971. The largest absolute Gasteiger partial charge is 0.497 e. The minimum Gasteiger partial charge on any atom is -0.497 e. The minimum absolute atomic E-state index is 0.312. The van der Waals surface area contributed by atoms with Crippen molar-refractivity contribution in [2.24, 2.45) is 0 Å². The van der Waals surface area contributed by atoms with E-state index < -0.39 is 10.0 Å². The van der Waals surface area contributed by atoms with Gasteiger partial charge < -0.3 is 9.72 Å². The summed E-state index contributed by atoms with van der Waals surface area (Å²) in [6.07, 6.45) is 3.37. The van der Waals surface area contributed by atoms with Gasteiger partial charge in [0.05, 0.1) is 23.0 Å². The van der Waals surface area contributed by atoms with Gasteiger partial charge >= 0.3 is 0 Å². The highest BCUT2D eigenvalue weighted by Crippen LogP contribution is 2.31. The van der Waals surface area contributed by atoms with Crippen molar-refractivity contribution in [3.63, 3.8) is 0 Å². The van der Waals surface area contributed by atoms with Gasteiger partial charge in [-0.25, -0.2) is 8.42 Å². The number of H-pyrrole nitrogens is 1. The van der Waals surface area contributed by atoms with Gasteiger partial charge in [-0.3, -0.25) is 4.98 Å². The van der Waals surface area contributed by atoms with Crippen LogP contribution in [0, 0.1) is 0 Å². The molecular weight excluding hydrogens is 350 g/mol. The molecule has 4 rings (SSSR count). The quantitative estimate of drug-likeness (QED) is 0.764. The number of ether oxygens (including phenoxy) is 1. The third-order valence-corrected chi connectivity index (χ3v) is 6.91. The summed E-state index contributed by atoms with van der Waals surface area (Å²) in [5.74, 6) is 0.974. The van der Waals surface area contributed by atoms with Crippen LogP contribution in [0.3, 0.4) is 0 Å². The molecule has 1 N–H and O–H groups in total. The number of nitrogens with one attached hydrogen (secondary N) is 1. The summed E-state index contributed by atoms with van der Waals surface area (Å²) >= 11 is 0. The lowest BCUT2D eigenvalue weighted by Crippen LogP contribution is -2.37. The predicted octanol–water partition coefficient (Wildman–Crippen LogP) is 3.14. The third kappa shape index (κ3) is 3.08. The number of aromatic nitrogens is 2. The van der Waals surface area contributed by atoms with Crippen molar-refractivity contribution >= 4 is 21.1 Å². The second-order valence-corrected chi connectivity index (χ2v) is 8.45. The van der Waals surface area contributed by atoms with Crippen LogP contribution in [0.5, 0.6) is 5.75 Å². The van der Waals surface area contributed by atoms with Crippen molar-refractivity contribution in [2.45, 2.75) is 23.7 Å². The Labute approximate surface area is 152 Å². The maximum atomic E-state index is 12.8. The number of hydrogen-bond acceptors (Lipinski definition) is 4. The molecule has 1 aliphatic heterocycles. The number of aromatic amines is 1. The molecule has 0 amide bonds. The Morgan fingerprint density at radius 2 is 1.88 bits per heavy atom. The van der Waals surface area contributed by atoms with Gasteiger partial charge in [-0.2, -0.15) is 4.31 Å². The molecule has 2 aromatic heterocycles. The summed E-state index contributed by atoms with van der Waals surface area (Å²) in [6, 6.07) is 12.6. The van der Waals surface area contributed by atoms with Crippen molar-refractivity contribution in [2.75, 3.05) is 20.2 Å². The Hall–Kier alpha value is -2.38. The maximum Gasteiger partial charge on any atom is 0.243 e. The summed E-state index contributed by atoms with van der Waals surface area (Å²) < 4.78 is 32.4. The molecule has 0 radical (unpaired) electrons. The van der Waals surface area contributed by atoms with Crippen molar-refractivity contribution in [1.82, 2.24) is 14.3 Å². The number of nitrogens with zero attached hydrogens (tertiary/aromatic N) is 2. The fourth-order valence-corrected chi connectivity index (χ4v) is 4.97. The normalized spacial score (nSPS) is 16.8. The highest BCUT2D eigenvalue weighted by atomic mass is 32.2. The summed E-state index contributed by atoms with van der Waals surface area (Å²) in [4.78, 5) is 8.09. The Morgan fingerprint density at radius 1 is 1.15 bits per heavy atom. The monoisotopic (exact) mass is 371 g/mol. The van der Waals surface area contributed by atoms with Crippen molar-refractivity contribution < 1.29 is 13.2 Å². The van der Waals surface area contributed by atoms with E-state index >= 15 is 0 Å². The highest BCUT2D eigenvalue weighted by molar-refractivity contribution is 7.89. The predicted molar refractivity (Wildman–Crippen MR) is 99.8 cm³/mol. The van der Waals surface area contributed by atoms with Crippen LogP contribution in [-0.4, -0.2) is 42.9 Å². The minimum atomic E-state index is -3.46. The van der Waals surface area contributed by atoms with Gasteiger partial charge in [0.2, 0.25) is 10.0 Å². The van der Waals surface area contributed by atoms with E-state index in [1.807, 2.05) is 12.1 Å². The van der Waals surface area contributed by atoms with Crippen LogP contribution in [0.2, 0.25) is 0 Å². The van der Waals surface area contributed by atoms with Crippen LogP contribution >= 0.6 is 0 Å². The molecule has 3 aromatic rings. The molecule has 3 heterocycles. The van der Waals surface area contributed by atoms with E-state index in [-0.39, 0.29) is 0 Å². The summed E-state index contributed by atoms with van der Waals surface area (Å²) in [5, 5.41) is 0. The van der Waals surface area contributed by atoms with Crippen LogP contribution in [0.15, 0.2) is 53.6 Å². The zero-order valence-electron chi connectivity index (χ0n) is 14.6. The first-order valence-corrected chi connectivity index (χ1v) is 10.1. The molecule has 0 bridgehead atoms. The molecule has 0 aliphatic carbocycles. The third-order valence-electron chi connectivity index (χ3n) is 5.00. The van der Waals surface area contributed by atoms with Gasteiger partial charge in [-0.05, 0) is 55.3 Å². The van der Waals surface area contributed by atoms with E-state index in [1.54, 1.807) is 41.9 Å². The van der Waals surface area contributed by atoms with Gasteiger partial charge in [0.25, 0.3) is 0 Å². The van der Waals surface area contributed by atoms with E-state index in [2.05, 4.69) is 16.0 Å². The molecule has 6 nitrogen and oxygen atoms in total. The Balaban J connectivity index is 1.48. The van der Waals surface area contributed by atoms with E-state index in [0.717, 1.165) is 29.6 Å². The molecule has 0 saturated carbocycles. The van der Waals surface area contributed by atoms with E-state index in [4.69, 9.17) is 4.74 Å². The van der Waals surface area contributed by atoms with Crippen molar-refractivity contribution in [1.29, 1.82) is 0 Å². The first-order chi connectivity index (χ1) is 12.6. The zero-order chi connectivity index (χ0) is 18.1. The van der Waals surface area contributed by atoms with Crippen molar-refractivity contribution in [3.8, 4) is 5.75 Å². The molecule has 136 valence electrons. The van der Waals surface area contributed by atoms with Crippen LogP contribution in [0.25, 0.3) is 11.0 Å². The number of fused-ring (bicyclic) bond motifs is 1. The molecule has 0 unspecified atom stereocenters. The molecule has 1 saturated heterocycles. The lowest BCUT2D eigenvalue weighted by molar-refractivity contribution is 0.317. The lowest BCUT2D eigenvalue weighted by atomic mass is 9.95. The lowest BCUT2D eigenvalue weighted by Gasteiger charge is -2.30. The number of benzene rings is 1. The first kappa shape index (κ1) is 17.1. The van der Waals surface area contributed by atoms with Gasteiger partial charge in [0.15, 0.2) is 0 Å². The molecule has 1 aromatic carbocycles. The van der Waals surface area contributed by atoms with E-state index in [0.29, 0.717) is 29.7 Å².